The van der Waals surface area contributed by atoms with Gasteiger partial charge in [0.05, 0.1) is 6.07 Å². The van der Waals surface area contributed by atoms with Crippen LogP contribution in [0.25, 0.3) is 0 Å². The molecule has 0 aliphatic carbocycles. The molecule has 18 heavy (non-hydrogen) atoms. The molecule has 1 heterocycles. The summed E-state index contributed by atoms with van der Waals surface area (Å²) in [5.74, 6) is 0.630. The summed E-state index contributed by atoms with van der Waals surface area (Å²) in [6.45, 7) is 3.80. The predicted molar refractivity (Wildman–Crippen MR) is 66.9 cm³/mol. The Hall–Kier alpha value is -2.02. The fraction of sp³-hybridized carbons (Fsp3) is 0.429. The molecule has 1 amide bonds. The van der Waals surface area contributed by atoms with Crippen LogP contribution in [0.5, 0.6) is 5.75 Å². The van der Waals surface area contributed by atoms with E-state index in [0.29, 0.717) is 6.42 Å². The van der Waals surface area contributed by atoms with E-state index in [2.05, 4.69) is 11.4 Å². The van der Waals surface area contributed by atoms with Gasteiger partial charge in [-0.05, 0) is 17.5 Å². The van der Waals surface area contributed by atoms with Crippen molar-refractivity contribution in [2.75, 3.05) is 0 Å². The van der Waals surface area contributed by atoms with E-state index in [4.69, 9.17) is 10.00 Å². The second-order valence-corrected chi connectivity index (χ2v) is 4.78. The van der Waals surface area contributed by atoms with Crippen LogP contribution in [-0.2, 0) is 11.2 Å². The van der Waals surface area contributed by atoms with Crippen molar-refractivity contribution in [2.24, 2.45) is 5.92 Å². The molecule has 1 aromatic rings. The van der Waals surface area contributed by atoms with E-state index >= 15 is 0 Å². The molecular weight excluding hydrogens is 228 g/mol. The van der Waals surface area contributed by atoms with E-state index in [1.807, 2.05) is 38.1 Å². The van der Waals surface area contributed by atoms with Gasteiger partial charge in [0.25, 0.3) is 5.91 Å². The molecule has 2 atom stereocenters. The van der Waals surface area contributed by atoms with Crippen LogP contribution in [0.2, 0.25) is 0 Å². The molecule has 0 aromatic heterocycles. The standard InChI is InChI=1S/C14H16N2O2/c1-9(2)11(8-15)16-14(17)13-7-10-5-3-4-6-12(10)18-13/h3-6,9,11,13H,7H2,1-2H3,(H,16,17). The van der Waals surface area contributed by atoms with Crippen molar-refractivity contribution in [3.05, 3.63) is 29.8 Å². The summed E-state index contributed by atoms with van der Waals surface area (Å²) in [6.07, 6.45) is 0.0510. The number of carbonyl (C=O) groups is 1. The van der Waals surface area contributed by atoms with E-state index in [1.54, 1.807) is 0 Å². The number of rotatable bonds is 3. The molecule has 2 rings (SSSR count). The van der Waals surface area contributed by atoms with Gasteiger partial charge in [0, 0.05) is 6.42 Å². The predicted octanol–water partition coefficient (Wildman–Crippen LogP) is 1.65. The normalized spacial score (nSPS) is 18.7. The summed E-state index contributed by atoms with van der Waals surface area (Å²) >= 11 is 0. The second kappa shape index (κ2) is 5.09. The number of amides is 1. The van der Waals surface area contributed by atoms with Crippen LogP contribution >= 0.6 is 0 Å². The van der Waals surface area contributed by atoms with E-state index in [-0.39, 0.29) is 11.8 Å². The zero-order chi connectivity index (χ0) is 13.1. The highest BCUT2D eigenvalue weighted by Gasteiger charge is 2.30. The smallest absolute Gasteiger partial charge is 0.262 e. The average molecular weight is 244 g/mol. The fourth-order valence-corrected chi connectivity index (χ4v) is 1.92. The van der Waals surface area contributed by atoms with Gasteiger partial charge in [-0.2, -0.15) is 5.26 Å². The summed E-state index contributed by atoms with van der Waals surface area (Å²) < 4.78 is 5.57. The average Bonchev–Trinajstić information content (AvgIpc) is 2.79. The third-order valence-corrected chi connectivity index (χ3v) is 3.04. The molecule has 0 radical (unpaired) electrons. The monoisotopic (exact) mass is 244 g/mol. The fourth-order valence-electron chi connectivity index (χ4n) is 1.92. The lowest BCUT2D eigenvalue weighted by molar-refractivity contribution is -0.127. The SMILES string of the molecule is CC(C)C(C#N)NC(=O)C1Cc2ccccc2O1. The van der Waals surface area contributed by atoms with Gasteiger partial charge >= 0.3 is 0 Å². The molecular formula is C14H16N2O2. The number of carbonyl (C=O) groups excluding carboxylic acids is 1. The maximum absolute atomic E-state index is 12.0. The third-order valence-electron chi connectivity index (χ3n) is 3.04. The Kier molecular flexibility index (Phi) is 3.52. The zero-order valence-electron chi connectivity index (χ0n) is 10.5. The Morgan fingerprint density at radius 1 is 1.50 bits per heavy atom. The maximum Gasteiger partial charge on any atom is 0.262 e. The number of hydrogen-bond acceptors (Lipinski definition) is 3. The largest absolute Gasteiger partial charge is 0.480 e. The molecule has 1 N–H and O–H groups in total. The van der Waals surface area contributed by atoms with Crippen molar-refractivity contribution in [3.63, 3.8) is 0 Å². The Morgan fingerprint density at radius 3 is 2.83 bits per heavy atom. The molecule has 1 aliphatic heterocycles. The Balaban J connectivity index is 2.00. The second-order valence-electron chi connectivity index (χ2n) is 4.78. The molecule has 0 fully saturated rings. The number of fused-ring (bicyclic) bond motifs is 1. The Morgan fingerprint density at radius 2 is 2.22 bits per heavy atom. The van der Waals surface area contributed by atoms with Gasteiger partial charge in [-0.25, -0.2) is 0 Å². The molecule has 94 valence electrons. The summed E-state index contributed by atoms with van der Waals surface area (Å²) in [4.78, 5) is 12.0. The minimum absolute atomic E-state index is 0.0859. The minimum Gasteiger partial charge on any atom is -0.480 e. The lowest BCUT2D eigenvalue weighted by Gasteiger charge is -2.17. The summed E-state index contributed by atoms with van der Waals surface area (Å²) in [7, 11) is 0. The molecule has 4 heteroatoms. The highest BCUT2D eigenvalue weighted by atomic mass is 16.5. The first-order valence-electron chi connectivity index (χ1n) is 6.06. The minimum atomic E-state index is -0.517. The molecule has 1 aliphatic rings. The molecule has 4 nitrogen and oxygen atoms in total. The first kappa shape index (κ1) is 12.4. The van der Waals surface area contributed by atoms with Gasteiger partial charge in [-0.1, -0.05) is 32.0 Å². The number of nitrogens with one attached hydrogen (secondary N) is 1. The van der Waals surface area contributed by atoms with Crippen LogP contribution in [0.15, 0.2) is 24.3 Å². The van der Waals surface area contributed by atoms with Crippen LogP contribution in [0.3, 0.4) is 0 Å². The van der Waals surface area contributed by atoms with Crippen molar-refractivity contribution in [2.45, 2.75) is 32.4 Å². The lowest BCUT2D eigenvalue weighted by atomic mass is 10.0. The van der Waals surface area contributed by atoms with Gasteiger partial charge in [0.2, 0.25) is 0 Å². The summed E-state index contributed by atoms with van der Waals surface area (Å²) in [5, 5.41) is 11.7. The molecule has 0 saturated heterocycles. The number of para-hydroxylation sites is 1. The van der Waals surface area contributed by atoms with Gasteiger partial charge < -0.3 is 10.1 Å². The van der Waals surface area contributed by atoms with Crippen LogP contribution < -0.4 is 10.1 Å². The van der Waals surface area contributed by atoms with Crippen LogP contribution in [0, 0.1) is 17.2 Å². The number of nitriles is 1. The van der Waals surface area contributed by atoms with Crippen LogP contribution in [0.1, 0.15) is 19.4 Å². The molecule has 2 unspecified atom stereocenters. The maximum atomic E-state index is 12.0. The Bertz CT molecular complexity index is 466. The molecule has 1 aromatic carbocycles. The number of ether oxygens (including phenoxy) is 1. The Labute approximate surface area is 107 Å². The van der Waals surface area contributed by atoms with Crippen LogP contribution in [-0.4, -0.2) is 18.1 Å². The van der Waals surface area contributed by atoms with Gasteiger partial charge in [0.15, 0.2) is 6.10 Å². The molecule has 0 spiro atoms. The van der Waals surface area contributed by atoms with E-state index in [9.17, 15) is 4.79 Å². The number of hydrogen-bond donors (Lipinski definition) is 1. The van der Waals surface area contributed by atoms with Crippen molar-refractivity contribution >= 4 is 5.91 Å². The van der Waals surface area contributed by atoms with Gasteiger partial charge in [0.1, 0.15) is 11.8 Å². The van der Waals surface area contributed by atoms with Crippen molar-refractivity contribution in [1.82, 2.24) is 5.32 Å². The van der Waals surface area contributed by atoms with Crippen molar-refractivity contribution in [1.29, 1.82) is 5.26 Å². The lowest BCUT2D eigenvalue weighted by Crippen LogP contribution is -2.44. The van der Waals surface area contributed by atoms with E-state index in [0.717, 1.165) is 11.3 Å². The summed E-state index contributed by atoms with van der Waals surface area (Å²) in [5.41, 5.74) is 1.04. The highest BCUT2D eigenvalue weighted by molar-refractivity contribution is 5.83. The van der Waals surface area contributed by atoms with Crippen molar-refractivity contribution in [3.8, 4) is 11.8 Å². The van der Waals surface area contributed by atoms with Crippen LogP contribution in [0.4, 0.5) is 0 Å². The van der Waals surface area contributed by atoms with Gasteiger partial charge in [-0.15, -0.1) is 0 Å². The van der Waals surface area contributed by atoms with Gasteiger partial charge in [-0.3, -0.25) is 4.79 Å². The van der Waals surface area contributed by atoms with E-state index in [1.165, 1.54) is 0 Å². The molecule has 0 bridgehead atoms. The molecule has 0 saturated carbocycles. The number of benzene rings is 1. The first-order valence-corrected chi connectivity index (χ1v) is 6.06. The number of nitrogens with zero attached hydrogens (tertiary/aromatic N) is 1. The van der Waals surface area contributed by atoms with Crippen molar-refractivity contribution < 1.29 is 9.53 Å². The quantitative estimate of drug-likeness (QED) is 0.879. The summed E-state index contributed by atoms with van der Waals surface area (Å²) in [6, 6.07) is 9.23. The third kappa shape index (κ3) is 2.45. The topological polar surface area (TPSA) is 62.1 Å². The first-order chi connectivity index (χ1) is 8.61. The zero-order valence-corrected chi connectivity index (χ0v) is 10.5. The highest BCUT2D eigenvalue weighted by Crippen LogP contribution is 2.28. The van der Waals surface area contributed by atoms with E-state index < -0.39 is 12.1 Å².